The highest BCUT2D eigenvalue weighted by Crippen LogP contribution is 2.28. The predicted octanol–water partition coefficient (Wildman–Crippen LogP) is 3.41. The number of nitrogens with two attached hydrogens (primary N) is 1. The van der Waals surface area contributed by atoms with Gasteiger partial charge >= 0.3 is 0 Å². The number of benzene rings is 1. The number of hydrogen-bond donors (Lipinski definition) is 2. The number of halogens is 2. The van der Waals surface area contributed by atoms with Gasteiger partial charge in [-0.2, -0.15) is 11.8 Å². The molecule has 0 spiro atoms. The Morgan fingerprint density at radius 3 is 2.95 bits per heavy atom. The molecule has 2 aromatic rings. The van der Waals surface area contributed by atoms with E-state index in [1.807, 2.05) is 30.5 Å². The molecule has 9 heteroatoms. The van der Waals surface area contributed by atoms with E-state index in [-0.39, 0.29) is 18.3 Å². The lowest BCUT2D eigenvalue weighted by atomic mass is 10.2. The number of nitrogens with zero attached hydrogens (tertiary/aromatic N) is 2. The zero-order valence-electron chi connectivity index (χ0n) is 11.8. The summed E-state index contributed by atoms with van der Waals surface area (Å²) in [6.45, 7) is 0. The minimum absolute atomic E-state index is 0. The average Bonchev–Trinajstić information content (AvgIpc) is 2.93. The molecule has 0 saturated heterocycles. The molecule has 0 aliphatic heterocycles. The van der Waals surface area contributed by atoms with E-state index in [1.165, 1.54) is 11.3 Å². The van der Waals surface area contributed by atoms with Crippen molar-refractivity contribution in [2.75, 3.05) is 17.3 Å². The minimum Gasteiger partial charge on any atom is -0.320 e. The van der Waals surface area contributed by atoms with Crippen LogP contribution in [0.5, 0.6) is 0 Å². The SMILES string of the molecule is CSCC[C@H](N)C(=O)Nc1nnc(-c2cccc(Br)c2)s1.Cl. The summed E-state index contributed by atoms with van der Waals surface area (Å²) in [4.78, 5) is 11.9. The third-order valence-electron chi connectivity index (χ3n) is 2.70. The Kier molecular flexibility index (Phi) is 8.34. The van der Waals surface area contributed by atoms with Gasteiger partial charge in [0.2, 0.25) is 11.0 Å². The third kappa shape index (κ3) is 5.51. The van der Waals surface area contributed by atoms with Crippen LogP contribution in [0.25, 0.3) is 10.6 Å². The van der Waals surface area contributed by atoms with Crippen molar-refractivity contribution in [3.63, 3.8) is 0 Å². The molecule has 120 valence electrons. The normalized spacial score (nSPS) is 11.6. The average molecular weight is 424 g/mol. The molecular formula is C13H16BrClN4OS2. The number of amides is 1. The Bertz CT molecular complexity index is 626. The van der Waals surface area contributed by atoms with Crippen molar-refractivity contribution >= 4 is 62.5 Å². The molecule has 2 rings (SSSR count). The van der Waals surface area contributed by atoms with Gasteiger partial charge in [-0.15, -0.1) is 22.6 Å². The number of hydrogen-bond acceptors (Lipinski definition) is 6. The first-order valence-electron chi connectivity index (χ1n) is 6.25. The molecule has 1 amide bonds. The van der Waals surface area contributed by atoms with Crippen LogP contribution in [-0.2, 0) is 4.79 Å². The van der Waals surface area contributed by atoms with Gasteiger partial charge in [-0.25, -0.2) is 0 Å². The minimum atomic E-state index is -0.518. The first-order chi connectivity index (χ1) is 10.1. The van der Waals surface area contributed by atoms with E-state index in [0.717, 1.165) is 20.8 Å². The maximum Gasteiger partial charge on any atom is 0.243 e. The Labute approximate surface area is 152 Å². The summed E-state index contributed by atoms with van der Waals surface area (Å²) in [5, 5.41) is 12.0. The third-order valence-corrected chi connectivity index (χ3v) is 4.72. The van der Waals surface area contributed by atoms with E-state index < -0.39 is 6.04 Å². The van der Waals surface area contributed by atoms with Gasteiger partial charge in [0, 0.05) is 10.0 Å². The number of carbonyl (C=O) groups is 1. The number of aromatic nitrogens is 2. The van der Waals surface area contributed by atoms with Gasteiger partial charge in [-0.1, -0.05) is 39.4 Å². The monoisotopic (exact) mass is 422 g/mol. The zero-order valence-corrected chi connectivity index (χ0v) is 15.8. The molecule has 5 nitrogen and oxygen atoms in total. The number of thioether (sulfide) groups is 1. The molecule has 22 heavy (non-hydrogen) atoms. The Morgan fingerprint density at radius 2 is 2.27 bits per heavy atom. The van der Waals surface area contributed by atoms with Crippen molar-refractivity contribution in [1.82, 2.24) is 10.2 Å². The summed E-state index contributed by atoms with van der Waals surface area (Å²) in [6, 6.07) is 7.25. The van der Waals surface area contributed by atoms with Gasteiger partial charge in [0.25, 0.3) is 0 Å². The molecule has 1 heterocycles. The fraction of sp³-hybridized carbons (Fsp3) is 0.308. The Balaban J connectivity index is 0.00000242. The summed E-state index contributed by atoms with van der Waals surface area (Å²) in [7, 11) is 0. The smallest absolute Gasteiger partial charge is 0.243 e. The Hall–Kier alpha value is -0.670. The predicted molar refractivity (Wildman–Crippen MR) is 99.9 cm³/mol. The van der Waals surface area contributed by atoms with E-state index in [4.69, 9.17) is 5.73 Å². The van der Waals surface area contributed by atoms with Crippen molar-refractivity contribution in [3.05, 3.63) is 28.7 Å². The summed E-state index contributed by atoms with van der Waals surface area (Å²) >= 11 is 6.41. The molecule has 0 aliphatic carbocycles. The van der Waals surface area contributed by atoms with Crippen molar-refractivity contribution in [2.24, 2.45) is 5.73 Å². The lowest BCUT2D eigenvalue weighted by molar-refractivity contribution is -0.117. The van der Waals surface area contributed by atoms with Crippen molar-refractivity contribution in [1.29, 1.82) is 0 Å². The second-order valence-electron chi connectivity index (χ2n) is 4.30. The van der Waals surface area contributed by atoms with Crippen molar-refractivity contribution < 1.29 is 4.79 Å². The van der Waals surface area contributed by atoms with E-state index in [0.29, 0.717) is 11.6 Å². The van der Waals surface area contributed by atoms with Crippen LogP contribution in [0.4, 0.5) is 5.13 Å². The molecule has 0 radical (unpaired) electrons. The molecule has 0 saturated carbocycles. The molecule has 3 N–H and O–H groups in total. The topological polar surface area (TPSA) is 80.9 Å². The van der Waals surface area contributed by atoms with Crippen LogP contribution in [0.2, 0.25) is 0 Å². The maximum absolute atomic E-state index is 11.9. The molecular weight excluding hydrogens is 408 g/mol. The largest absolute Gasteiger partial charge is 0.320 e. The van der Waals surface area contributed by atoms with Crippen molar-refractivity contribution in [3.8, 4) is 10.6 Å². The van der Waals surface area contributed by atoms with Crippen LogP contribution in [-0.4, -0.2) is 34.2 Å². The van der Waals surface area contributed by atoms with Gasteiger partial charge in [0.1, 0.15) is 5.01 Å². The number of carbonyl (C=O) groups excluding carboxylic acids is 1. The van der Waals surface area contributed by atoms with Crippen LogP contribution in [0.3, 0.4) is 0 Å². The standard InChI is InChI=1S/C13H15BrN4OS2.ClH/c1-20-6-5-10(15)11(19)16-13-18-17-12(21-13)8-3-2-4-9(14)7-8;/h2-4,7,10H,5-6,15H2,1H3,(H,16,18,19);1H/t10-;/m0./s1. The number of anilines is 1. The molecule has 0 aliphatic rings. The first-order valence-corrected chi connectivity index (χ1v) is 9.25. The summed E-state index contributed by atoms with van der Waals surface area (Å²) in [5.74, 6) is 0.634. The van der Waals surface area contributed by atoms with Gasteiger partial charge in [-0.05, 0) is 30.6 Å². The fourth-order valence-electron chi connectivity index (χ4n) is 1.59. The Morgan fingerprint density at radius 1 is 1.50 bits per heavy atom. The van der Waals surface area contributed by atoms with E-state index in [2.05, 4.69) is 31.4 Å². The number of rotatable bonds is 6. The molecule has 0 unspecified atom stereocenters. The highest BCUT2D eigenvalue weighted by molar-refractivity contribution is 9.10. The highest BCUT2D eigenvalue weighted by Gasteiger charge is 2.15. The second kappa shape index (κ2) is 9.46. The van der Waals surface area contributed by atoms with Crippen molar-refractivity contribution in [2.45, 2.75) is 12.5 Å². The van der Waals surface area contributed by atoms with E-state index >= 15 is 0 Å². The molecule has 1 aromatic heterocycles. The van der Waals surface area contributed by atoms with Crippen LogP contribution < -0.4 is 11.1 Å². The quantitative estimate of drug-likeness (QED) is 0.744. The van der Waals surface area contributed by atoms with E-state index in [1.54, 1.807) is 11.8 Å². The van der Waals surface area contributed by atoms with Gasteiger partial charge < -0.3 is 5.73 Å². The molecule has 0 fully saturated rings. The first kappa shape index (κ1) is 19.4. The van der Waals surface area contributed by atoms with Gasteiger partial charge in [-0.3, -0.25) is 10.1 Å². The molecule has 1 atom stereocenters. The lowest BCUT2D eigenvalue weighted by Crippen LogP contribution is -2.36. The fourth-order valence-corrected chi connectivity index (χ4v) is 3.22. The zero-order chi connectivity index (χ0) is 15.2. The van der Waals surface area contributed by atoms with E-state index in [9.17, 15) is 4.79 Å². The maximum atomic E-state index is 11.9. The van der Waals surface area contributed by atoms with Crippen LogP contribution >= 0.6 is 51.4 Å². The van der Waals surface area contributed by atoms with Crippen LogP contribution in [0, 0.1) is 0 Å². The lowest BCUT2D eigenvalue weighted by Gasteiger charge is -2.08. The van der Waals surface area contributed by atoms with Crippen LogP contribution in [0.1, 0.15) is 6.42 Å². The number of nitrogens with one attached hydrogen (secondary N) is 1. The second-order valence-corrected chi connectivity index (χ2v) is 7.18. The van der Waals surface area contributed by atoms with Gasteiger partial charge in [0.05, 0.1) is 6.04 Å². The summed E-state index contributed by atoms with van der Waals surface area (Å²) < 4.78 is 0.972. The highest BCUT2D eigenvalue weighted by atomic mass is 79.9. The molecule has 0 bridgehead atoms. The summed E-state index contributed by atoms with van der Waals surface area (Å²) in [5.41, 5.74) is 6.77. The summed E-state index contributed by atoms with van der Waals surface area (Å²) in [6.07, 6.45) is 2.63. The van der Waals surface area contributed by atoms with Crippen LogP contribution in [0.15, 0.2) is 28.7 Å². The van der Waals surface area contributed by atoms with Gasteiger partial charge in [0.15, 0.2) is 0 Å². The molecule has 1 aromatic carbocycles.